The van der Waals surface area contributed by atoms with Crippen LogP contribution in [0, 0.1) is 5.92 Å². The summed E-state index contributed by atoms with van der Waals surface area (Å²) in [6.45, 7) is 7.71. The van der Waals surface area contributed by atoms with Crippen LogP contribution in [0.1, 0.15) is 25.8 Å². The lowest BCUT2D eigenvalue weighted by atomic mass is 10.0. The van der Waals surface area contributed by atoms with Gasteiger partial charge in [0.05, 0.1) is 6.10 Å². The van der Waals surface area contributed by atoms with E-state index in [1.54, 1.807) is 0 Å². The third-order valence-electron chi connectivity index (χ3n) is 3.85. The van der Waals surface area contributed by atoms with Crippen LogP contribution >= 0.6 is 11.6 Å². The maximum atomic E-state index is 9.71. The van der Waals surface area contributed by atoms with Crippen molar-refractivity contribution in [2.75, 3.05) is 24.5 Å². The van der Waals surface area contributed by atoms with Crippen LogP contribution in [0.4, 0.5) is 5.69 Å². The smallest absolute Gasteiger partial charge is 0.0557 e. The summed E-state index contributed by atoms with van der Waals surface area (Å²) in [4.78, 5) is 2.36. The van der Waals surface area contributed by atoms with Crippen LogP contribution in [0.5, 0.6) is 0 Å². The Hall–Kier alpha value is -0.770. The minimum absolute atomic E-state index is 0.227. The van der Waals surface area contributed by atoms with Gasteiger partial charge in [0.1, 0.15) is 0 Å². The van der Waals surface area contributed by atoms with Crippen molar-refractivity contribution >= 4 is 17.3 Å². The molecule has 0 bridgehead atoms. The Morgan fingerprint density at radius 3 is 2.95 bits per heavy atom. The van der Waals surface area contributed by atoms with Gasteiger partial charge in [-0.05, 0) is 43.7 Å². The lowest BCUT2D eigenvalue weighted by molar-refractivity contribution is 0.136. The fourth-order valence-electron chi connectivity index (χ4n) is 2.66. The normalized spacial score (nSPS) is 20.8. The fraction of sp³-hybridized carbons (Fsp3) is 0.600. The molecule has 2 unspecified atom stereocenters. The first kappa shape index (κ1) is 14.6. The molecule has 1 heterocycles. The van der Waals surface area contributed by atoms with Crippen LogP contribution in [0.3, 0.4) is 0 Å². The first-order valence-electron chi connectivity index (χ1n) is 7.04. The standard InChI is InChI=1S/C15H23ClN2O/c1-3-17-9-13-8-14(16)4-5-15(13)18-7-6-12(10-18)11(2)19/h4-5,8,11-12,17,19H,3,6-7,9-10H2,1-2H3. The molecule has 106 valence electrons. The van der Waals surface area contributed by atoms with E-state index < -0.39 is 0 Å². The van der Waals surface area contributed by atoms with E-state index in [-0.39, 0.29) is 6.10 Å². The van der Waals surface area contributed by atoms with Crippen LogP contribution in [0.25, 0.3) is 0 Å². The van der Waals surface area contributed by atoms with Crippen molar-refractivity contribution in [3.63, 3.8) is 0 Å². The van der Waals surface area contributed by atoms with Crippen molar-refractivity contribution in [1.29, 1.82) is 0 Å². The number of aliphatic hydroxyl groups is 1. The lowest BCUT2D eigenvalue weighted by Crippen LogP contribution is -2.25. The largest absolute Gasteiger partial charge is 0.393 e. The number of anilines is 1. The molecule has 3 nitrogen and oxygen atoms in total. The van der Waals surface area contributed by atoms with E-state index in [2.05, 4.69) is 23.2 Å². The van der Waals surface area contributed by atoms with E-state index in [4.69, 9.17) is 11.6 Å². The van der Waals surface area contributed by atoms with Gasteiger partial charge >= 0.3 is 0 Å². The fourth-order valence-corrected chi connectivity index (χ4v) is 2.86. The summed E-state index contributed by atoms with van der Waals surface area (Å²) in [7, 11) is 0. The second-order valence-electron chi connectivity index (χ2n) is 5.29. The van der Waals surface area contributed by atoms with Crippen LogP contribution in [-0.2, 0) is 6.54 Å². The number of rotatable bonds is 5. The van der Waals surface area contributed by atoms with Gasteiger partial charge in [-0.2, -0.15) is 0 Å². The topological polar surface area (TPSA) is 35.5 Å². The minimum Gasteiger partial charge on any atom is -0.393 e. The third-order valence-corrected chi connectivity index (χ3v) is 4.09. The third kappa shape index (κ3) is 3.62. The highest BCUT2D eigenvalue weighted by atomic mass is 35.5. The molecule has 2 N–H and O–H groups in total. The van der Waals surface area contributed by atoms with Gasteiger partial charge in [-0.3, -0.25) is 0 Å². The molecular weight excluding hydrogens is 260 g/mol. The predicted octanol–water partition coefficient (Wildman–Crippen LogP) is 2.66. The molecule has 0 saturated carbocycles. The maximum absolute atomic E-state index is 9.71. The summed E-state index contributed by atoms with van der Waals surface area (Å²) < 4.78 is 0. The first-order chi connectivity index (χ1) is 9.11. The highest BCUT2D eigenvalue weighted by Crippen LogP contribution is 2.30. The molecule has 0 aliphatic carbocycles. The molecule has 1 aliphatic rings. The molecule has 2 atom stereocenters. The summed E-state index contributed by atoms with van der Waals surface area (Å²) >= 11 is 6.10. The van der Waals surface area contributed by atoms with E-state index in [0.29, 0.717) is 5.92 Å². The SMILES string of the molecule is CCNCc1cc(Cl)ccc1N1CCC(C(C)O)C1. The van der Waals surface area contributed by atoms with Crippen LogP contribution < -0.4 is 10.2 Å². The molecule has 4 heteroatoms. The monoisotopic (exact) mass is 282 g/mol. The zero-order chi connectivity index (χ0) is 13.8. The summed E-state index contributed by atoms with van der Waals surface area (Å²) in [5.41, 5.74) is 2.48. The van der Waals surface area contributed by atoms with Crippen molar-refractivity contribution in [2.24, 2.45) is 5.92 Å². The average molecular weight is 283 g/mol. The van der Waals surface area contributed by atoms with Gasteiger partial charge in [-0.25, -0.2) is 0 Å². The number of nitrogens with one attached hydrogen (secondary N) is 1. The predicted molar refractivity (Wildman–Crippen MR) is 80.8 cm³/mol. The molecular formula is C15H23ClN2O. The van der Waals surface area contributed by atoms with Crippen LogP contribution in [0.15, 0.2) is 18.2 Å². The second-order valence-corrected chi connectivity index (χ2v) is 5.73. The Morgan fingerprint density at radius 1 is 1.53 bits per heavy atom. The van der Waals surface area contributed by atoms with Crippen molar-refractivity contribution in [1.82, 2.24) is 5.32 Å². The Balaban J connectivity index is 2.15. The summed E-state index contributed by atoms with van der Waals surface area (Å²) in [6.07, 6.45) is 0.829. The number of halogens is 1. The van der Waals surface area contributed by atoms with Gasteiger partial charge in [-0.1, -0.05) is 18.5 Å². The zero-order valence-electron chi connectivity index (χ0n) is 11.7. The molecule has 0 spiro atoms. The quantitative estimate of drug-likeness (QED) is 0.872. The van der Waals surface area contributed by atoms with Gasteiger partial charge in [-0.15, -0.1) is 0 Å². The van der Waals surface area contributed by atoms with Crippen molar-refractivity contribution in [2.45, 2.75) is 32.9 Å². The molecule has 0 aromatic heterocycles. The second kappa shape index (κ2) is 6.60. The maximum Gasteiger partial charge on any atom is 0.0557 e. The minimum atomic E-state index is -0.227. The van der Waals surface area contributed by atoms with Crippen molar-refractivity contribution in [3.05, 3.63) is 28.8 Å². The summed E-state index contributed by atoms with van der Waals surface area (Å²) in [5, 5.41) is 13.8. The molecule has 1 aromatic carbocycles. The van der Waals surface area contributed by atoms with Crippen LogP contribution in [0.2, 0.25) is 5.02 Å². The number of aliphatic hydroxyl groups excluding tert-OH is 1. The number of hydrogen-bond acceptors (Lipinski definition) is 3. The highest BCUT2D eigenvalue weighted by molar-refractivity contribution is 6.30. The lowest BCUT2D eigenvalue weighted by Gasteiger charge is -2.23. The Morgan fingerprint density at radius 2 is 2.32 bits per heavy atom. The van der Waals surface area contributed by atoms with Crippen LogP contribution in [-0.4, -0.2) is 30.8 Å². The molecule has 0 radical (unpaired) electrons. The average Bonchev–Trinajstić information content (AvgIpc) is 2.86. The summed E-state index contributed by atoms with van der Waals surface area (Å²) in [5.74, 6) is 0.377. The molecule has 1 aliphatic heterocycles. The van der Waals surface area contributed by atoms with Crippen molar-refractivity contribution < 1.29 is 5.11 Å². The van der Waals surface area contributed by atoms with Gasteiger partial charge in [0.15, 0.2) is 0 Å². The van der Waals surface area contributed by atoms with E-state index in [9.17, 15) is 5.11 Å². The molecule has 1 saturated heterocycles. The number of nitrogens with zero attached hydrogens (tertiary/aromatic N) is 1. The Bertz CT molecular complexity index is 423. The Kier molecular flexibility index (Phi) is 5.08. The summed E-state index contributed by atoms with van der Waals surface area (Å²) in [6, 6.07) is 6.08. The van der Waals surface area contributed by atoms with Gasteiger partial charge in [0.2, 0.25) is 0 Å². The Labute approximate surface area is 120 Å². The van der Waals surface area contributed by atoms with E-state index in [1.807, 2.05) is 19.1 Å². The molecule has 1 fully saturated rings. The van der Waals surface area contributed by atoms with Gasteiger partial charge in [0.25, 0.3) is 0 Å². The molecule has 0 amide bonds. The van der Waals surface area contributed by atoms with Gasteiger partial charge in [0, 0.05) is 36.3 Å². The number of hydrogen-bond donors (Lipinski definition) is 2. The molecule has 2 rings (SSSR count). The molecule has 19 heavy (non-hydrogen) atoms. The highest BCUT2D eigenvalue weighted by Gasteiger charge is 2.27. The molecule has 1 aromatic rings. The van der Waals surface area contributed by atoms with Gasteiger partial charge < -0.3 is 15.3 Å². The van der Waals surface area contributed by atoms with E-state index >= 15 is 0 Å². The zero-order valence-corrected chi connectivity index (χ0v) is 12.5. The van der Waals surface area contributed by atoms with E-state index in [0.717, 1.165) is 37.6 Å². The number of benzene rings is 1. The van der Waals surface area contributed by atoms with E-state index in [1.165, 1.54) is 11.3 Å². The van der Waals surface area contributed by atoms with Crippen molar-refractivity contribution in [3.8, 4) is 0 Å². The first-order valence-corrected chi connectivity index (χ1v) is 7.41.